The van der Waals surface area contributed by atoms with E-state index in [1.165, 1.54) is 60.1 Å². The van der Waals surface area contributed by atoms with Crippen molar-refractivity contribution in [2.45, 2.75) is 19.3 Å². The van der Waals surface area contributed by atoms with Crippen molar-refractivity contribution in [1.82, 2.24) is 14.5 Å². The smallest absolute Gasteiger partial charge is 0.162 e. The van der Waals surface area contributed by atoms with Gasteiger partial charge in [0.05, 0.1) is 28.1 Å². The molecule has 5 heteroatoms. The molecule has 1 aliphatic carbocycles. The molecule has 1 aliphatic rings. The van der Waals surface area contributed by atoms with Crippen molar-refractivity contribution in [3.8, 4) is 73.0 Å². The van der Waals surface area contributed by atoms with Crippen LogP contribution in [0.3, 0.4) is 0 Å². The van der Waals surface area contributed by atoms with E-state index >= 15 is 0 Å². The van der Waals surface area contributed by atoms with Crippen LogP contribution in [0.4, 0.5) is 17.1 Å². The van der Waals surface area contributed by atoms with Crippen molar-refractivity contribution >= 4 is 104 Å². The van der Waals surface area contributed by atoms with E-state index in [0.29, 0.717) is 5.82 Å². The van der Waals surface area contributed by atoms with Crippen molar-refractivity contribution < 1.29 is 4.42 Å². The highest BCUT2D eigenvalue weighted by Crippen LogP contribution is 2.56. The van der Waals surface area contributed by atoms with Crippen LogP contribution in [0, 0.1) is 0 Å². The van der Waals surface area contributed by atoms with Crippen LogP contribution in [-0.2, 0) is 5.41 Å². The fourth-order valence-electron chi connectivity index (χ4n) is 15.6. The number of fused-ring (bicyclic) bond motifs is 17. The molecule has 94 heavy (non-hydrogen) atoms. The first-order valence-electron chi connectivity index (χ1n) is 32.4. The number of rotatable bonds is 9. The first kappa shape index (κ1) is 53.6. The second-order valence-electron chi connectivity index (χ2n) is 25.5. The quantitative estimate of drug-likeness (QED) is 0.135. The zero-order valence-corrected chi connectivity index (χ0v) is 51.7. The molecule has 15 aromatic carbocycles. The van der Waals surface area contributed by atoms with E-state index in [1.807, 2.05) is 6.07 Å². The summed E-state index contributed by atoms with van der Waals surface area (Å²) in [7, 11) is 0. The zero-order chi connectivity index (χ0) is 62.2. The van der Waals surface area contributed by atoms with E-state index in [9.17, 15) is 0 Å². The standard InChI is InChI=1S/C89H58N4O/c1-89(2)78-53-75-68-34-15-13-32-66(68)65-31-12-14-33-67(65)74(75)52-76(78)71-45-46-72-77-51-61(44-48-81(77)93(86(72)85(71)89)84-54-79(90-88(91-84)59-26-10-5-11-27-59)58-42-40-57(41-43-58)55-22-6-3-7-23-55)63-47-49-80(69-35-17-16-30-64(63)69)92(62-29-20-28-60(50-62)56-24-8-4-9-25-56)82-38-21-37-73-70-36-18-19-39-83(70)94-87(73)82/h3-54H,1-2H3. The molecule has 0 amide bonds. The van der Waals surface area contributed by atoms with Crippen LogP contribution in [0.15, 0.2) is 320 Å². The van der Waals surface area contributed by atoms with Crippen molar-refractivity contribution in [2.75, 3.05) is 4.90 Å². The molecule has 18 aromatic rings. The van der Waals surface area contributed by atoms with Gasteiger partial charge in [-0.15, -0.1) is 0 Å². The summed E-state index contributed by atoms with van der Waals surface area (Å²) >= 11 is 0. The highest BCUT2D eigenvalue weighted by atomic mass is 16.3. The molecule has 0 aliphatic heterocycles. The van der Waals surface area contributed by atoms with Crippen LogP contribution < -0.4 is 4.90 Å². The van der Waals surface area contributed by atoms with Gasteiger partial charge in [-0.1, -0.05) is 269 Å². The molecular weight excluding hydrogens is 1140 g/mol. The second kappa shape index (κ2) is 20.9. The summed E-state index contributed by atoms with van der Waals surface area (Å²) < 4.78 is 9.33. The lowest BCUT2D eigenvalue weighted by molar-refractivity contribution is 0.664. The van der Waals surface area contributed by atoms with E-state index in [2.05, 4.69) is 333 Å². The first-order chi connectivity index (χ1) is 46.4. The fraction of sp³-hybridized carbons (Fsp3) is 0.0337. The van der Waals surface area contributed by atoms with Crippen molar-refractivity contribution in [3.63, 3.8) is 0 Å². The van der Waals surface area contributed by atoms with Gasteiger partial charge in [0.15, 0.2) is 11.4 Å². The lowest BCUT2D eigenvalue weighted by Crippen LogP contribution is -2.17. The Morgan fingerprint density at radius 2 is 0.883 bits per heavy atom. The summed E-state index contributed by atoms with van der Waals surface area (Å²) in [6, 6.07) is 115. The molecule has 0 atom stereocenters. The average Bonchev–Trinajstić information content (AvgIpc) is 1.52. The molecule has 0 unspecified atom stereocenters. The number of hydrogen-bond acceptors (Lipinski definition) is 4. The van der Waals surface area contributed by atoms with Crippen LogP contribution >= 0.6 is 0 Å². The first-order valence-corrected chi connectivity index (χ1v) is 32.4. The summed E-state index contributed by atoms with van der Waals surface area (Å²) in [5, 5.41) is 14.3. The summed E-state index contributed by atoms with van der Waals surface area (Å²) in [6.07, 6.45) is 0. The highest BCUT2D eigenvalue weighted by Gasteiger charge is 2.40. The summed E-state index contributed by atoms with van der Waals surface area (Å²) in [6.45, 7) is 4.86. The predicted octanol–water partition coefficient (Wildman–Crippen LogP) is 24.2. The summed E-state index contributed by atoms with van der Waals surface area (Å²) in [5.74, 6) is 1.47. The van der Waals surface area contributed by atoms with Gasteiger partial charge in [0.25, 0.3) is 0 Å². The molecule has 440 valence electrons. The minimum atomic E-state index is -0.434. The summed E-state index contributed by atoms with van der Waals surface area (Å²) in [4.78, 5) is 13.5. The SMILES string of the molecule is CC1(C)c2cc3c4ccccc4c4ccccc4c3cc2-c2ccc3c4cc(-c5ccc(N(c6cccc(-c7ccccc7)c6)c6cccc7c6oc6ccccc67)c6ccccc56)ccc4n(-c4cc(-c5ccc(-c6ccccc6)cc5)nc(-c5ccccc5)n4)c3c21. The van der Waals surface area contributed by atoms with E-state index in [1.54, 1.807) is 0 Å². The molecule has 0 fully saturated rings. The molecular formula is C89H58N4O. The van der Waals surface area contributed by atoms with E-state index < -0.39 is 5.41 Å². The number of furan rings is 1. The van der Waals surface area contributed by atoms with Crippen LogP contribution in [0.1, 0.15) is 25.0 Å². The van der Waals surface area contributed by atoms with Gasteiger partial charge in [-0.05, 0) is 148 Å². The van der Waals surface area contributed by atoms with Gasteiger partial charge in [0.1, 0.15) is 11.4 Å². The molecule has 0 spiro atoms. The lowest BCUT2D eigenvalue weighted by Gasteiger charge is -2.28. The van der Waals surface area contributed by atoms with Gasteiger partial charge in [0.2, 0.25) is 0 Å². The maximum absolute atomic E-state index is 6.87. The van der Waals surface area contributed by atoms with Crippen LogP contribution in [0.2, 0.25) is 0 Å². The number of anilines is 3. The molecule has 19 rings (SSSR count). The highest BCUT2D eigenvalue weighted by molar-refractivity contribution is 6.27. The molecule has 0 bridgehead atoms. The largest absolute Gasteiger partial charge is 0.454 e. The topological polar surface area (TPSA) is 47.1 Å². The number of hydrogen-bond donors (Lipinski definition) is 0. The molecule has 0 N–H and O–H groups in total. The maximum Gasteiger partial charge on any atom is 0.162 e. The third kappa shape index (κ3) is 8.27. The summed E-state index contributed by atoms with van der Waals surface area (Å²) in [5.41, 5.74) is 21.3. The molecule has 0 saturated carbocycles. The third-order valence-corrected chi connectivity index (χ3v) is 20.0. The molecule has 0 saturated heterocycles. The van der Waals surface area contributed by atoms with Gasteiger partial charge < -0.3 is 9.32 Å². The predicted molar refractivity (Wildman–Crippen MR) is 393 cm³/mol. The monoisotopic (exact) mass is 1200 g/mol. The van der Waals surface area contributed by atoms with Gasteiger partial charge in [0, 0.05) is 55.2 Å². The van der Waals surface area contributed by atoms with E-state index in [-0.39, 0.29) is 0 Å². The average molecular weight is 1200 g/mol. The number of para-hydroxylation sites is 2. The Hall–Kier alpha value is -12.2. The second-order valence-corrected chi connectivity index (χ2v) is 25.5. The number of nitrogens with zero attached hydrogens (tertiary/aromatic N) is 4. The normalized spacial score (nSPS) is 12.7. The van der Waals surface area contributed by atoms with Crippen molar-refractivity contribution in [3.05, 3.63) is 327 Å². The Kier molecular flexibility index (Phi) is 11.9. The van der Waals surface area contributed by atoms with E-state index in [4.69, 9.17) is 14.4 Å². The lowest BCUT2D eigenvalue weighted by atomic mass is 9.80. The molecule has 3 aromatic heterocycles. The Balaban J connectivity index is 0.848. The van der Waals surface area contributed by atoms with Crippen LogP contribution in [0.25, 0.3) is 160 Å². The van der Waals surface area contributed by atoms with E-state index in [0.717, 1.165) is 122 Å². The molecule has 5 nitrogen and oxygen atoms in total. The Morgan fingerprint density at radius 1 is 0.330 bits per heavy atom. The number of benzene rings is 15. The van der Waals surface area contributed by atoms with Crippen molar-refractivity contribution in [1.29, 1.82) is 0 Å². The van der Waals surface area contributed by atoms with Gasteiger partial charge in [-0.3, -0.25) is 4.57 Å². The zero-order valence-electron chi connectivity index (χ0n) is 51.7. The Bertz CT molecular complexity index is 6120. The van der Waals surface area contributed by atoms with Crippen molar-refractivity contribution in [2.24, 2.45) is 0 Å². The van der Waals surface area contributed by atoms with Crippen LogP contribution in [0.5, 0.6) is 0 Å². The van der Waals surface area contributed by atoms with Gasteiger partial charge in [-0.2, -0.15) is 0 Å². The Labute approximate surface area is 543 Å². The number of aromatic nitrogens is 3. The minimum absolute atomic E-state index is 0.434. The minimum Gasteiger partial charge on any atom is -0.454 e. The maximum atomic E-state index is 6.87. The Morgan fingerprint density at radius 3 is 1.61 bits per heavy atom. The molecule has 3 heterocycles. The van der Waals surface area contributed by atoms with Gasteiger partial charge >= 0.3 is 0 Å². The van der Waals surface area contributed by atoms with Gasteiger partial charge in [-0.25, -0.2) is 9.97 Å². The van der Waals surface area contributed by atoms with Crippen LogP contribution in [-0.4, -0.2) is 14.5 Å². The molecule has 0 radical (unpaired) electrons. The third-order valence-electron chi connectivity index (χ3n) is 20.0. The fourth-order valence-corrected chi connectivity index (χ4v) is 15.6.